The minimum atomic E-state index is -0.414. The number of aromatic hydroxyl groups is 1. The smallest absolute Gasteiger partial charge is 0.275 e. The van der Waals surface area contributed by atoms with Gasteiger partial charge in [-0.25, -0.2) is 0 Å². The number of para-hydroxylation sites is 1. The van der Waals surface area contributed by atoms with Crippen LogP contribution in [0.2, 0.25) is 0 Å². The first-order valence-electron chi connectivity index (χ1n) is 8.38. The van der Waals surface area contributed by atoms with Crippen molar-refractivity contribution in [2.45, 2.75) is 11.3 Å². The fourth-order valence-electron chi connectivity index (χ4n) is 2.66. The molecule has 140 valence electrons. The van der Waals surface area contributed by atoms with E-state index in [0.29, 0.717) is 4.34 Å². The van der Waals surface area contributed by atoms with E-state index in [4.69, 9.17) is 0 Å². The van der Waals surface area contributed by atoms with Crippen molar-refractivity contribution >= 4 is 45.6 Å². The summed E-state index contributed by atoms with van der Waals surface area (Å²) in [5, 5.41) is 27.5. The number of nitrogens with zero attached hydrogens (tertiary/aromatic N) is 4. The number of aryl methyl sites for hydroxylation is 1. The van der Waals surface area contributed by atoms with Gasteiger partial charge in [-0.1, -0.05) is 71.6 Å². The second-order valence-corrected chi connectivity index (χ2v) is 8.14. The zero-order chi connectivity index (χ0) is 19.5. The van der Waals surface area contributed by atoms with Crippen LogP contribution in [0.3, 0.4) is 0 Å². The lowest BCUT2D eigenvalue weighted by Gasteiger charge is -1.94. The van der Waals surface area contributed by atoms with Crippen LogP contribution in [0, 0.1) is 6.92 Å². The third kappa shape index (κ3) is 3.80. The molecule has 0 spiro atoms. The van der Waals surface area contributed by atoms with Crippen molar-refractivity contribution in [2.24, 2.45) is 10.2 Å². The highest BCUT2D eigenvalue weighted by Gasteiger charge is 2.13. The number of carbonyl (C=O) groups is 1. The second kappa shape index (κ2) is 7.91. The Morgan fingerprint density at radius 2 is 2.00 bits per heavy atom. The minimum absolute atomic E-state index is 0.0923. The average Bonchev–Trinajstić information content (AvgIpc) is 3.31. The highest BCUT2D eigenvalue weighted by molar-refractivity contribution is 8.01. The molecule has 0 aliphatic rings. The maximum absolute atomic E-state index is 12.1. The standard InChI is InChI=1S/C19H15N5O2S2/c1-11-6-5-9-13-15(11)20-17(26)16(13)22-21-14(25)10-27-19-24-23-18(28-19)12-7-3-2-4-8-12/h2-9,20,26H,10H2,1H3. The van der Waals surface area contributed by atoms with Crippen LogP contribution in [-0.2, 0) is 4.79 Å². The predicted molar refractivity (Wildman–Crippen MR) is 110 cm³/mol. The van der Waals surface area contributed by atoms with E-state index >= 15 is 0 Å². The maximum Gasteiger partial charge on any atom is 0.275 e. The van der Waals surface area contributed by atoms with Crippen LogP contribution in [0.4, 0.5) is 5.69 Å². The number of hydrogen-bond acceptors (Lipinski definition) is 7. The van der Waals surface area contributed by atoms with Gasteiger partial charge < -0.3 is 10.1 Å². The molecule has 4 aromatic rings. The van der Waals surface area contributed by atoms with Crippen LogP contribution in [0.1, 0.15) is 5.56 Å². The Hall–Kier alpha value is -3.04. The van der Waals surface area contributed by atoms with E-state index in [-0.39, 0.29) is 17.3 Å². The molecule has 2 heterocycles. The first-order chi connectivity index (χ1) is 13.6. The molecule has 2 aromatic heterocycles. The molecule has 1 amide bonds. The molecule has 28 heavy (non-hydrogen) atoms. The number of aromatic nitrogens is 3. The summed E-state index contributed by atoms with van der Waals surface area (Å²) in [6.07, 6.45) is 0. The number of rotatable bonds is 5. The summed E-state index contributed by atoms with van der Waals surface area (Å²) < 4.78 is 0.688. The Kier molecular flexibility index (Phi) is 5.18. The number of thioether (sulfide) groups is 1. The molecular weight excluding hydrogens is 394 g/mol. The van der Waals surface area contributed by atoms with Crippen LogP contribution in [-0.4, -0.2) is 31.9 Å². The number of benzene rings is 2. The Morgan fingerprint density at radius 1 is 1.18 bits per heavy atom. The van der Waals surface area contributed by atoms with Crippen LogP contribution in [0.25, 0.3) is 21.5 Å². The fourth-order valence-corrected chi connectivity index (χ4v) is 4.30. The monoisotopic (exact) mass is 409 g/mol. The number of azo groups is 1. The number of aromatic amines is 1. The number of H-pyrrole nitrogens is 1. The number of nitrogens with one attached hydrogen (secondary N) is 1. The van der Waals surface area contributed by atoms with Gasteiger partial charge in [0.1, 0.15) is 5.01 Å². The molecular formula is C19H15N5O2S2. The van der Waals surface area contributed by atoms with Gasteiger partial charge in [0.05, 0.1) is 11.3 Å². The van der Waals surface area contributed by atoms with Crippen LogP contribution >= 0.6 is 23.1 Å². The van der Waals surface area contributed by atoms with E-state index in [1.807, 2.05) is 55.5 Å². The first kappa shape index (κ1) is 18.3. The molecule has 0 atom stereocenters. The van der Waals surface area contributed by atoms with Gasteiger partial charge in [0.25, 0.3) is 5.91 Å². The quantitative estimate of drug-likeness (QED) is 0.352. The molecule has 0 unspecified atom stereocenters. The molecule has 2 aromatic carbocycles. The molecule has 0 aliphatic carbocycles. The van der Waals surface area contributed by atoms with E-state index in [1.165, 1.54) is 23.1 Å². The maximum atomic E-state index is 12.1. The predicted octanol–water partition coefficient (Wildman–Crippen LogP) is 5.10. The molecule has 7 nitrogen and oxygen atoms in total. The van der Waals surface area contributed by atoms with Crippen LogP contribution in [0.5, 0.6) is 5.88 Å². The minimum Gasteiger partial charge on any atom is -0.493 e. The van der Waals surface area contributed by atoms with Crippen molar-refractivity contribution in [2.75, 3.05) is 5.75 Å². The van der Waals surface area contributed by atoms with Crippen molar-refractivity contribution in [3.8, 4) is 16.5 Å². The van der Waals surface area contributed by atoms with Crippen LogP contribution in [0.15, 0.2) is 63.1 Å². The lowest BCUT2D eigenvalue weighted by atomic mass is 10.1. The van der Waals surface area contributed by atoms with Crippen molar-refractivity contribution < 1.29 is 9.90 Å². The summed E-state index contributed by atoms with van der Waals surface area (Å²) in [6.45, 7) is 1.92. The highest BCUT2D eigenvalue weighted by Crippen LogP contribution is 2.36. The zero-order valence-corrected chi connectivity index (χ0v) is 16.4. The van der Waals surface area contributed by atoms with Crippen molar-refractivity contribution in [3.05, 3.63) is 54.1 Å². The number of carbonyl (C=O) groups excluding carboxylic acids is 1. The molecule has 0 bridgehead atoms. The fraction of sp³-hybridized carbons (Fsp3) is 0.105. The van der Waals surface area contributed by atoms with E-state index in [2.05, 4.69) is 25.4 Å². The second-order valence-electron chi connectivity index (χ2n) is 5.94. The molecule has 9 heteroatoms. The zero-order valence-electron chi connectivity index (χ0n) is 14.8. The third-order valence-electron chi connectivity index (χ3n) is 4.00. The van der Waals surface area contributed by atoms with Gasteiger partial charge in [0.2, 0.25) is 5.88 Å². The van der Waals surface area contributed by atoms with Crippen LogP contribution < -0.4 is 0 Å². The van der Waals surface area contributed by atoms with Crippen molar-refractivity contribution in [1.82, 2.24) is 15.2 Å². The third-order valence-corrected chi connectivity index (χ3v) is 6.09. The van der Waals surface area contributed by atoms with Crippen molar-refractivity contribution in [1.29, 1.82) is 0 Å². The Morgan fingerprint density at radius 3 is 2.82 bits per heavy atom. The average molecular weight is 409 g/mol. The summed E-state index contributed by atoms with van der Waals surface area (Å²) in [5.41, 5.74) is 3.00. The molecule has 4 rings (SSSR count). The number of amides is 1. The van der Waals surface area contributed by atoms with Gasteiger partial charge in [-0.3, -0.25) is 4.79 Å². The van der Waals surface area contributed by atoms with Gasteiger partial charge in [-0.2, -0.15) is 0 Å². The van der Waals surface area contributed by atoms with Gasteiger partial charge in [0.15, 0.2) is 10.0 Å². The van der Waals surface area contributed by atoms with E-state index in [0.717, 1.165) is 27.0 Å². The normalized spacial score (nSPS) is 11.5. The lowest BCUT2D eigenvalue weighted by molar-refractivity contribution is -0.115. The Labute approximate surface area is 168 Å². The number of hydrogen-bond donors (Lipinski definition) is 2. The van der Waals surface area contributed by atoms with Gasteiger partial charge in [-0.15, -0.1) is 20.4 Å². The highest BCUT2D eigenvalue weighted by atomic mass is 32.2. The number of fused-ring (bicyclic) bond motifs is 1. The summed E-state index contributed by atoms with van der Waals surface area (Å²) in [5.74, 6) is -0.428. The van der Waals surface area contributed by atoms with Gasteiger partial charge >= 0.3 is 0 Å². The van der Waals surface area contributed by atoms with E-state index < -0.39 is 5.91 Å². The molecule has 0 aliphatic heterocycles. The first-order valence-corrected chi connectivity index (χ1v) is 10.2. The molecule has 0 fully saturated rings. The topological polar surface area (TPSA) is 104 Å². The summed E-state index contributed by atoms with van der Waals surface area (Å²) in [6, 6.07) is 15.3. The van der Waals surface area contributed by atoms with Gasteiger partial charge in [-0.05, 0) is 12.5 Å². The molecule has 0 saturated heterocycles. The summed E-state index contributed by atoms with van der Waals surface area (Å²) in [7, 11) is 0. The Balaban J connectivity index is 1.42. The molecule has 0 radical (unpaired) electrons. The summed E-state index contributed by atoms with van der Waals surface area (Å²) in [4.78, 5) is 14.9. The largest absolute Gasteiger partial charge is 0.493 e. The van der Waals surface area contributed by atoms with Crippen molar-refractivity contribution in [3.63, 3.8) is 0 Å². The SMILES string of the molecule is Cc1cccc2c(N=NC(=O)CSc3nnc(-c4ccccc4)s3)c(O)[nH]c12. The Bertz CT molecular complexity index is 1170. The van der Waals surface area contributed by atoms with Gasteiger partial charge in [0, 0.05) is 10.9 Å². The molecule has 0 saturated carbocycles. The lowest BCUT2D eigenvalue weighted by Crippen LogP contribution is -1.95. The molecule has 2 N–H and O–H groups in total. The van der Waals surface area contributed by atoms with E-state index in [9.17, 15) is 9.90 Å². The van der Waals surface area contributed by atoms with E-state index in [1.54, 1.807) is 0 Å². The summed E-state index contributed by atoms with van der Waals surface area (Å²) >= 11 is 2.68.